The first-order valence-electron chi connectivity index (χ1n) is 19.2. The zero-order chi connectivity index (χ0) is 37.5. The minimum absolute atomic E-state index is 0.530. The fourth-order valence-corrected chi connectivity index (χ4v) is 11.6. The van der Waals surface area contributed by atoms with E-state index in [1.807, 2.05) is 11.3 Å². The van der Waals surface area contributed by atoms with Crippen LogP contribution in [0, 0.1) is 0 Å². The van der Waals surface area contributed by atoms with Crippen molar-refractivity contribution in [1.29, 1.82) is 0 Å². The molecule has 3 aromatic heterocycles. The van der Waals surface area contributed by atoms with Gasteiger partial charge in [0.2, 0.25) is 0 Å². The Morgan fingerprint density at radius 1 is 0.351 bits per heavy atom. The van der Waals surface area contributed by atoms with E-state index in [9.17, 15) is 0 Å². The maximum atomic E-state index is 5.45. The molecule has 11 aromatic rings. The number of hydrogen-bond donors (Lipinski definition) is 0. The topological polar surface area (TPSA) is 38.7 Å². The molecule has 0 radical (unpaired) electrons. The maximum absolute atomic E-state index is 5.45. The lowest BCUT2D eigenvalue weighted by Gasteiger charge is -2.33. The monoisotopic (exact) mass is 761 g/mol. The Kier molecular flexibility index (Phi) is 7.18. The molecule has 0 bridgehead atoms. The van der Waals surface area contributed by atoms with Crippen LogP contribution in [0.4, 0.5) is 0 Å². The fraction of sp³-hybridized carbons (Fsp3) is 0.0192. The van der Waals surface area contributed by atoms with Crippen LogP contribution < -0.4 is 0 Å². The van der Waals surface area contributed by atoms with Gasteiger partial charge in [0.15, 0.2) is 17.5 Å². The van der Waals surface area contributed by atoms with Crippen LogP contribution in [0.25, 0.3) is 85.6 Å². The lowest BCUT2D eigenvalue weighted by molar-refractivity contribution is 0.768. The van der Waals surface area contributed by atoms with E-state index < -0.39 is 5.41 Å². The zero-order valence-electron chi connectivity index (χ0n) is 30.6. The highest BCUT2D eigenvalue weighted by molar-refractivity contribution is 7.26. The van der Waals surface area contributed by atoms with Gasteiger partial charge in [-0.25, -0.2) is 15.0 Å². The van der Waals surface area contributed by atoms with Crippen LogP contribution in [0.3, 0.4) is 0 Å². The zero-order valence-corrected chi connectivity index (χ0v) is 32.2. The van der Waals surface area contributed by atoms with Crippen molar-refractivity contribution in [3.8, 4) is 45.3 Å². The van der Waals surface area contributed by atoms with Gasteiger partial charge in [-0.15, -0.1) is 22.7 Å². The molecule has 0 unspecified atom stereocenters. The minimum atomic E-state index is -0.530. The first-order valence-corrected chi connectivity index (χ1v) is 20.8. The standard InChI is InChI=1S/C52H31N3S2/c1-3-15-33(16-4-1)52(34-17-5-2-6-18-34)42-25-10-7-21-39(42)47-40(23-14-26-43(47)52)50-53-49(32-29-30-37-35-19-8-11-27-44(35)56-46(37)31-32)54-51(55-50)41-24-13-22-38-36-20-9-12-28-45(36)57-48(38)41/h1-31H. The number of rotatable bonds is 5. The molecular formula is C52H31N3S2. The second-order valence-corrected chi connectivity index (χ2v) is 16.8. The molecule has 3 heterocycles. The van der Waals surface area contributed by atoms with Gasteiger partial charge in [0.05, 0.1) is 5.41 Å². The molecular weight excluding hydrogens is 731 g/mol. The number of hydrogen-bond acceptors (Lipinski definition) is 5. The van der Waals surface area contributed by atoms with Gasteiger partial charge in [-0.2, -0.15) is 0 Å². The van der Waals surface area contributed by atoms with Gasteiger partial charge in [-0.05, 0) is 57.6 Å². The lowest BCUT2D eigenvalue weighted by atomic mass is 9.67. The summed E-state index contributed by atoms with van der Waals surface area (Å²) in [6.07, 6.45) is 0. The van der Waals surface area contributed by atoms with Gasteiger partial charge in [-0.3, -0.25) is 0 Å². The average Bonchev–Trinajstić information content (AvgIpc) is 3.95. The van der Waals surface area contributed by atoms with E-state index in [4.69, 9.17) is 15.0 Å². The third-order valence-corrected chi connectivity index (χ3v) is 14.0. The Morgan fingerprint density at radius 2 is 0.877 bits per heavy atom. The Balaban J connectivity index is 1.15. The van der Waals surface area contributed by atoms with Gasteiger partial charge >= 0.3 is 0 Å². The predicted molar refractivity (Wildman–Crippen MR) is 239 cm³/mol. The van der Waals surface area contributed by atoms with Crippen molar-refractivity contribution < 1.29 is 0 Å². The summed E-state index contributed by atoms with van der Waals surface area (Å²) >= 11 is 3.61. The van der Waals surface area contributed by atoms with Gasteiger partial charge in [-0.1, -0.05) is 164 Å². The van der Waals surface area contributed by atoms with E-state index in [-0.39, 0.29) is 0 Å². The van der Waals surface area contributed by atoms with Gasteiger partial charge in [0, 0.05) is 57.0 Å². The van der Waals surface area contributed by atoms with E-state index in [0.717, 1.165) is 22.3 Å². The third-order valence-electron chi connectivity index (χ3n) is 11.6. The van der Waals surface area contributed by atoms with E-state index in [2.05, 4.69) is 188 Å². The maximum Gasteiger partial charge on any atom is 0.165 e. The second-order valence-electron chi connectivity index (χ2n) is 14.7. The van der Waals surface area contributed by atoms with Crippen molar-refractivity contribution in [2.45, 2.75) is 5.41 Å². The fourth-order valence-electron chi connectivity index (χ4n) is 9.21. The molecule has 0 fully saturated rings. The Labute approximate surface area is 337 Å². The summed E-state index contributed by atoms with van der Waals surface area (Å²) in [6.45, 7) is 0. The van der Waals surface area contributed by atoms with Crippen molar-refractivity contribution in [3.05, 3.63) is 210 Å². The third kappa shape index (κ3) is 4.80. The number of aromatic nitrogens is 3. The highest BCUT2D eigenvalue weighted by Crippen LogP contribution is 2.58. The molecule has 1 aliphatic carbocycles. The van der Waals surface area contributed by atoms with Crippen molar-refractivity contribution in [3.63, 3.8) is 0 Å². The molecule has 0 saturated carbocycles. The van der Waals surface area contributed by atoms with Crippen LogP contribution in [-0.4, -0.2) is 15.0 Å². The van der Waals surface area contributed by atoms with Crippen LogP contribution in [0.5, 0.6) is 0 Å². The molecule has 0 amide bonds. The summed E-state index contributed by atoms with van der Waals surface area (Å²) in [4.78, 5) is 16.2. The average molecular weight is 762 g/mol. The molecule has 3 nitrogen and oxygen atoms in total. The molecule has 57 heavy (non-hydrogen) atoms. The second kappa shape index (κ2) is 12.6. The molecule has 1 aliphatic rings. The van der Waals surface area contributed by atoms with Crippen LogP contribution >= 0.6 is 22.7 Å². The SMILES string of the molecule is c1ccc(C2(c3ccccc3)c3ccccc3-c3c(-c4nc(-c5ccc6c(c5)sc5ccccc56)nc(-c5cccc6c5sc5ccccc56)n4)cccc32)cc1. The normalized spacial score (nSPS) is 13.1. The van der Waals surface area contributed by atoms with Crippen molar-refractivity contribution >= 4 is 63.0 Å². The van der Waals surface area contributed by atoms with E-state index in [0.29, 0.717) is 17.5 Å². The molecule has 12 rings (SSSR count). The molecule has 0 atom stereocenters. The molecule has 0 aliphatic heterocycles. The Morgan fingerprint density at radius 3 is 1.65 bits per heavy atom. The van der Waals surface area contributed by atoms with E-state index >= 15 is 0 Å². The van der Waals surface area contributed by atoms with Gasteiger partial charge in [0.1, 0.15) is 0 Å². The summed E-state index contributed by atoms with van der Waals surface area (Å²) in [5, 5.41) is 4.99. The molecule has 5 heteroatoms. The predicted octanol–water partition coefficient (Wildman–Crippen LogP) is 14.0. The molecule has 0 spiro atoms. The van der Waals surface area contributed by atoms with Gasteiger partial charge < -0.3 is 0 Å². The number of thiophene rings is 2. The van der Waals surface area contributed by atoms with Crippen LogP contribution in [0.15, 0.2) is 188 Å². The number of nitrogens with zero attached hydrogens (tertiary/aromatic N) is 3. The summed E-state index contributed by atoms with van der Waals surface area (Å²) < 4.78 is 4.92. The first-order chi connectivity index (χ1) is 28.3. The van der Waals surface area contributed by atoms with Crippen molar-refractivity contribution in [1.82, 2.24) is 15.0 Å². The van der Waals surface area contributed by atoms with Crippen LogP contribution in [0.1, 0.15) is 22.3 Å². The minimum Gasteiger partial charge on any atom is -0.208 e. The lowest BCUT2D eigenvalue weighted by Crippen LogP contribution is -2.28. The summed E-state index contributed by atoms with van der Waals surface area (Å²) in [6, 6.07) is 67.8. The highest BCUT2D eigenvalue weighted by atomic mass is 32.1. The molecule has 266 valence electrons. The number of fused-ring (bicyclic) bond motifs is 9. The largest absolute Gasteiger partial charge is 0.208 e. The van der Waals surface area contributed by atoms with Crippen LogP contribution in [0.2, 0.25) is 0 Å². The molecule has 0 N–H and O–H groups in total. The van der Waals surface area contributed by atoms with Crippen molar-refractivity contribution in [2.75, 3.05) is 0 Å². The van der Waals surface area contributed by atoms with Gasteiger partial charge in [0.25, 0.3) is 0 Å². The van der Waals surface area contributed by atoms with E-state index in [1.165, 1.54) is 68.2 Å². The van der Waals surface area contributed by atoms with E-state index in [1.54, 1.807) is 11.3 Å². The highest BCUT2D eigenvalue weighted by Gasteiger charge is 2.47. The number of benzene rings is 8. The van der Waals surface area contributed by atoms with Crippen molar-refractivity contribution in [2.24, 2.45) is 0 Å². The summed E-state index contributed by atoms with van der Waals surface area (Å²) in [5.41, 5.74) is 9.72. The quantitative estimate of drug-likeness (QED) is 0.175. The van der Waals surface area contributed by atoms with Crippen LogP contribution in [-0.2, 0) is 5.41 Å². The Bertz CT molecular complexity index is 3320. The molecule has 0 saturated heterocycles. The Hall–Kier alpha value is -6.79. The summed E-state index contributed by atoms with van der Waals surface area (Å²) in [7, 11) is 0. The summed E-state index contributed by atoms with van der Waals surface area (Å²) in [5.74, 6) is 1.99. The first kappa shape index (κ1) is 32.5. The smallest absolute Gasteiger partial charge is 0.165 e. The molecule has 8 aromatic carbocycles.